The van der Waals surface area contributed by atoms with Crippen molar-refractivity contribution in [2.45, 2.75) is 18.7 Å². The maximum absolute atomic E-state index is 12.5. The third-order valence-corrected chi connectivity index (χ3v) is 5.92. The Morgan fingerprint density at radius 1 is 1.12 bits per heavy atom. The van der Waals surface area contributed by atoms with Crippen molar-refractivity contribution in [3.63, 3.8) is 0 Å². The van der Waals surface area contributed by atoms with Crippen LogP contribution in [-0.2, 0) is 10.0 Å². The fourth-order valence-corrected chi connectivity index (χ4v) is 3.51. The number of anilines is 1. The van der Waals surface area contributed by atoms with Crippen LogP contribution in [0.1, 0.15) is 21.5 Å². The van der Waals surface area contributed by atoms with Gasteiger partial charge in [-0.25, -0.2) is 12.7 Å². The molecule has 0 unspecified atom stereocenters. The van der Waals surface area contributed by atoms with E-state index in [1.165, 1.54) is 44.4 Å². The monoisotopic (exact) mass is 377 g/mol. The lowest BCUT2D eigenvalue weighted by molar-refractivity contribution is -0.384. The zero-order valence-corrected chi connectivity index (χ0v) is 15.6. The Morgan fingerprint density at radius 2 is 1.69 bits per heavy atom. The number of aryl methyl sites for hydroxylation is 1. The molecule has 0 saturated heterocycles. The van der Waals surface area contributed by atoms with Crippen LogP contribution in [0, 0.1) is 24.0 Å². The second-order valence-corrected chi connectivity index (χ2v) is 8.08. The standard InChI is InChI=1S/C17H19N3O5S/c1-11-9-13(10-16(12(11)2)26(24,25)19(3)4)17(21)18-14-5-7-15(8-6-14)20(22)23/h5-10H,1-4H3,(H,18,21). The number of rotatable bonds is 5. The predicted octanol–water partition coefficient (Wildman–Crippen LogP) is 2.71. The molecule has 0 heterocycles. The summed E-state index contributed by atoms with van der Waals surface area (Å²) in [6.45, 7) is 3.41. The lowest BCUT2D eigenvalue weighted by atomic mass is 10.1. The number of nitro benzene ring substituents is 1. The van der Waals surface area contributed by atoms with E-state index in [-0.39, 0.29) is 16.1 Å². The molecular weight excluding hydrogens is 358 g/mol. The van der Waals surface area contributed by atoms with Crippen molar-refractivity contribution in [3.05, 3.63) is 63.2 Å². The SMILES string of the molecule is Cc1cc(C(=O)Nc2ccc([N+](=O)[O-])cc2)cc(S(=O)(=O)N(C)C)c1C. The lowest BCUT2D eigenvalue weighted by Crippen LogP contribution is -2.24. The van der Waals surface area contributed by atoms with Crippen molar-refractivity contribution in [1.82, 2.24) is 4.31 Å². The highest BCUT2D eigenvalue weighted by molar-refractivity contribution is 7.89. The molecule has 0 spiro atoms. The Labute approximate surface area is 151 Å². The van der Waals surface area contributed by atoms with Crippen LogP contribution in [0.2, 0.25) is 0 Å². The Bertz CT molecular complexity index is 967. The summed E-state index contributed by atoms with van der Waals surface area (Å²) in [7, 11) is -0.847. The molecule has 0 aromatic heterocycles. The Balaban J connectivity index is 2.38. The van der Waals surface area contributed by atoms with Gasteiger partial charge in [-0.05, 0) is 49.2 Å². The molecule has 0 fully saturated rings. The van der Waals surface area contributed by atoms with E-state index in [1.54, 1.807) is 19.9 Å². The first-order valence-corrected chi connectivity index (χ1v) is 9.07. The number of sulfonamides is 1. The van der Waals surface area contributed by atoms with Crippen molar-refractivity contribution in [1.29, 1.82) is 0 Å². The molecular formula is C17H19N3O5S. The number of benzene rings is 2. The molecule has 0 saturated carbocycles. The molecule has 0 aliphatic rings. The highest BCUT2D eigenvalue weighted by atomic mass is 32.2. The van der Waals surface area contributed by atoms with Gasteiger partial charge in [-0.15, -0.1) is 0 Å². The molecule has 26 heavy (non-hydrogen) atoms. The molecule has 2 aromatic rings. The van der Waals surface area contributed by atoms with Crippen molar-refractivity contribution in [2.24, 2.45) is 0 Å². The number of non-ortho nitro benzene ring substituents is 1. The maximum Gasteiger partial charge on any atom is 0.269 e. The van der Waals surface area contributed by atoms with Crippen LogP contribution in [-0.4, -0.2) is 37.6 Å². The fraction of sp³-hybridized carbons (Fsp3) is 0.235. The van der Waals surface area contributed by atoms with Gasteiger partial charge in [-0.1, -0.05) is 0 Å². The Hall–Kier alpha value is -2.78. The molecule has 1 N–H and O–H groups in total. The first kappa shape index (κ1) is 19.5. The van der Waals surface area contributed by atoms with Crippen LogP contribution < -0.4 is 5.32 Å². The second-order valence-electron chi connectivity index (χ2n) is 5.96. The molecule has 2 rings (SSSR count). The van der Waals surface area contributed by atoms with Crippen molar-refractivity contribution < 1.29 is 18.1 Å². The van der Waals surface area contributed by atoms with E-state index >= 15 is 0 Å². The molecule has 9 heteroatoms. The molecule has 0 aliphatic carbocycles. The Kier molecular flexibility index (Phi) is 5.43. The fourth-order valence-electron chi connectivity index (χ4n) is 2.29. The Morgan fingerprint density at radius 3 is 2.19 bits per heavy atom. The summed E-state index contributed by atoms with van der Waals surface area (Å²) in [5.41, 5.74) is 1.71. The molecule has 0 bridgehead atoms. The van der Waals surface area contributed by atoms with Gasteiger partial charge in [-0.2, -0.15) is 0 Å². The number of nitrogens with one attached hydrogen (secondary N) is 1. The summed E-state index contributed by atoms with van der Waals surface area (Å²) in [6.07, 6.45) is 0. The number of nitro groups is 1. The van der Waals surface area contributed by atoms with Gasteiger partial charge < -0.3 is 5.32 Å². The van der Waals surface area contributed by atoms with Crippen LogP contribution in [0.5, 0.6) is 0 Å². The van der Waals surface area contributed by atoms with Crippen molar-refractivity contribution in [2.75, 3.05) is 19.4 Å². The average Bonchev–Trinajstić information content (AvgIpc) is 2.57. The van der Waals surface area contributed by atoms with E-state index in [0.717, 1.165) is 4.31 Å². The third kappa shape index (κ3) is 3.89. The molecule has 2 aromatic carbocycles. The molecule has 138 valence electrons. The topological polar surface area (TPSA) is 110 Å². The number of amides is 1. The van der Waals surface area contributed by atoms with Gasteiger partial charge in [-0.3, -0.25) is 14.9 Å². The molecule has 8 nitrogen and oxygen atoms in total. The van der Waals surface area contributed by atoms with Gasteiger partial charge >= 0.3 is 0 Å². The summed E-state index contributed by atoms with van der Waals surface area (Å²) in [5.74, 6) is -0.503. The molecule has 0 aliphatic heterocycles. The quantitative estimate of drug-likeness (QED) is 0.636. The van der Waals surface area contributed by atoms with E-state index in [2.05, 4.69) is 5.32 Å². The highest BCUT2D eigenvalue weighted by Crippen LogP contribution is 2.24. The minimum atomic E-state index is -3.70. The van der Waals surface area contributed by atoms with Gasteiger partial charge in [0.2, 0.25) is 10.0 Å². The normalized spacial score (nSPS) is 11.4. The highest BCUT2D eigenvalue weighted by Gasteiger charge is 2.23. The van der Waals surface area contributed by atoms with Crippen LogP contribution in [0.3, 0.4) is 0 Å². The number of carbonyl (C=O) groups is 1. The van der Waals surface area contributed by atoms with Gasteiger partial charge in [0.05, 0.1) is 9.82 Å². The summed E-state index contributed by atoms with van der Waals surface area (Å²) in [4.78, 5) is 22.7. The van der Waals surface area contributed by atoms with Crippen molar-refractivity contribution >= 4 is 27.3 Å². The van der Waals surface area contributed by atoms with Crippen molar-refractivity contribution in [3.8, 4) is 0 Å². The number of nitrogens with zero attached hydrogens (tertiary/aromatic N) is 2. The van der Waals surface area contributed by atoms with Crippen LogP contribution in [0.15, 0.2) is 41.3 Å². The van der Waals surface area contributed by atoms with Gasteiger partial charge in [0.25, 0.3) is 11.6 Å². The smallest absolute Gasteiger partial charge is 0.269 e. The summed E-state index contributed by atoms with van der Waals surface area (Å²) in [5, 5.41) is 13.3. The summed E-state index contributed by atoms with van der Waals surface area (Å²) >= 11 is 0. The van der Waals surface area contributed by atoms with Crippen LogP contribution in [0.25, 0.3) is 0 Å². The molecule has 1 amide bonds. The minimum Gasteiger partial charge on any atom is -0.322 e. The zero-order valence-electron chi connectivity index (χ0n) is 14.8. The average molecular weight is 377 g/mol. The summed E-state index contributed by atoms with van der Waals surface area (Å²) < 4.78 is 26.0. The van der Waals surface area contributed by atoms with Crippen LogP contribution >= 0.6 is 0 Å². The van der Waals surface area contributed by atoms with E-state index < -0.39 is 20.9 Å². The number of carbonyl (C=O) groups excluding carboxylic acids is 1. The third-order valence-electron chi connectivity index (χ3n) is 3.98. The number of hydrogen-bond acceptors (Lipinski definition) is 5. The maximum atomic E-state index is 12.5. The molecule has 0 radical (unpaired) electrons. The second kappa shape index (κ2) is 7.22. The largest absolute Gasteiger partial charge is 0.322 e. The van der Waals surface area contributed by atoms with Gasteiger partial charge in [0.1, 0.15) is 0 Å². The van der Waals surface area contributed by atoms with Gasteiger partial charge in [0, 0.05) is 37.5 Å². The minimum absolute atomic E-state index is 0.0661. The van der Waals surface area contributed by atoms with E-state index in [9.17, 15) is 23.3 Å². The summed E-state index contributed by atoms with van der Waals surface area (Å²) in [6, 6.07) is 8.31. The predicted molar refractivity (Wildman–Crippen MR) is 97.8 cm³/mol. The first-order valence-electron chi connectivity index (χ1n) is 7.63. The lowest BCUT2D eigenvalue weighted by Gasteiger charge is -2.16. The van der Waals surface area contributed by atoms with E-state index in [0.29, 0.717) is 16.8 Å². The number of hydrogen-bond donors (Lipinski definition) is 1. The van der Waals surface area contributed by atoms with E-state index in [4.69, 9.17) is 0 Å². The first-order chi connectivity index (χ1) is 12.0. The molecule has 0 atom stereocenters. The van der Waals surface area contributed by atoms with E-state index in [1.807, 2.05) is 0 Å². The zero-order chi connectivity index (χ0) is 19.6. The van der Waals surface area contributed by atoms with Gasteiger partial charge in [0.15, 0.2) is 0 Å². The van der Waals surface area contributed by atoms with Crippen LogP contribution in [0.4, 0.5) is 11.4 Å².